The third-order valence-corrected chi connectivity index (χ3v) is 2.14. The second-order valence-corrected chi connectivity index (χ2v) is 4.00. The number of hydrogen-bond donors (Lipinski definition) is 2. The van der Waals surface area contributed by atoms with Crippen LogP contribution >= 0.6 is 0 Å². The zero-order valence-corrected chi connectivity index (χ0v) is 11.7. The van der Waals surface area contributed by atoms with Crippen molar-refractivity contribution < 1.29 is 38.8 Å². The van der Waals surface area contributed by atoms with Gasteiger partial charge in [0.05, 0.1) is 26.1 Å². The van der Waals surface area contributed by atoms with E-state index in [1.807, 2.05) is 0 Å². The topological polar surface area (TPSA) is 119 Å². The number of aliphatic hydroxyl groups is 2. The van der Waals surface area contributed by atoms with E-state index in [0.29, 0.717) is 0 Å². The SMILES string of the molecule is CCOC(=O)CC(O)(CC(=O)OC(C)O)C(=O)OCC. The van der Waals surface area contributed by atoms with Gasteiger partial charge in [-0.3, -0.25) is 9.59 Å². The van der Waals surface area contributed by atoms with Gasteiger partial charge in [0.1, 0.15) is 0 Å². The van der Waals surface area contributed by atoms with Crippen LogP contribution in [0.25, 0.3) is 0 Å². The minimum absolute atomic E-state index is 0.0323. The Labute approximate surface area is 116 Å². The molecule has 8 nitrogen and oxygen atoms in total. The van der Waals surface area contributed by atoms with Crippen molar-refractivity contribution >= 4 is 17.9 Å². The molecule has 0 aromatic heterocycles. The van der Waals surface area contributed by atoms with Crippen LogP contribution in [-0.4, -0.2) is 53.2 Å². The maximum absolute atomic E-state index is 11.7. The van der Waals surface area contributed by atoms with E-state index in [4.69, 9.17) is 5.11 Å². The van der Waals surface area contributed by atoms with Gasteiger partial charge in [0.25, 0.3) is 0 Å². The second-order valence-electron chi connectivity index (χ2n) is 4.00. The lowest BCUT2D eigenvalue weighted by atomic mass is 9.95. The molecule has 0 aliphatic rings. The number of esters is 3. The summed E-state index contributed by atoms with van der Waals surface area (Å²) in [4.78, 5) is 34.5. The number of aliphatic hydroxyl groups excluding tert-OH is 1. The van der Waals surface area contributed by atoms with Crippen molar-refractivity contribution in [1.82, 2.24) is 0 Å². The summed E-state index contributed by atoms with van der Waals surface area (Å²) in [5.41, 5.74) is -2.38. The van der Waals surface area contributed by atoms with E-state index in [0.717, 1.165) is 0 Å². The number of ether oxygens (including phenoxy) is 3. The lowest BCUT2D eigenvalue weighted by Gasteiger charge is -2.24. The highest BCUT2D eigenvalue weighted by Gasteiger charge is 2.43. The quantitative estimate of drug-likeness (QED) is 0.349. The summed E-state index contributed by atoms with van der Waals surface area (Å²) in [5.74, 6) is -3.02. The average molecular weight is 292 g/mol. The summed E-state index contributed by atoms with van der Waals surface area (Å²) in [6.45, 7) is 4.29. The van der Waals surface area contributed by atoms with Gasteiger partial charge in [-0.15, -0.1) is 0 Å². The van der Waals surface area contributed by atoms with Crippen LogP contribution in [0.1, 0.15) is 33.6 Å². The Morgan fingerprint density at radius 3 is 2.00 bits per heavy atom. The Bertz CT molecular complexity index is 351. The highest BCUT2D eigenvalue weighted by Crippen LogP contribution is 2.20. The minimum Gasteiger partial charge on any atom is -0.466 e. The van der Waals surface area contributed by atoms with Crippen LogP contribution in [0, 0.1) is 0 Å². The van der Waals surface area contributed by atoms with E-state index < -0.39 is 42.6 Å². The van der Waals surface area contributed by atoms with Gasteiger partial charge in [-0.2, -0.15) is 0 Å². The molecule has 0 radical (unpaired) electrons. The molecule has 2 N–H and O–H groups in total. The number of carbonyl (C=O) groups excluding carboxylic acids is 3. The Morgan fingerprint density at radius 2 is 1.55 bits per heavy atom. The fourth-order valence-corrected chi connectivity index (χ4v) is 1.39. The molecule has 0 fully saturated rings. The molecule has 0 aliphatic heterocycles. The molecule has 0 aliphatic carbocycles. The molecule has 0 aromatic carbocycles. The van der Waals surface area contributed by atoms with Gasteiger partial charge >= 0.3 is 17.9 Å². The molecular formula is C12H20O8. The predicted octanol–water partition coefficient (Wildman–Crippen LogP) is -0.495. The van der Waals surface area contributed by atoms with Crippen LogP contribution < -0.4 is 0 Å². The molecule has 8 heteroatoms. The van der Waals surface area contributed by atoms with Gasteiger partial charge in [-0.1, -0.05) is 0 Å². The fourth-order valence-electron chi connectivity index (χ4n) is 1.39. The van der Waals surface area contributed by atoms with E-state index in [-0.39, 0.29) is 13.2 Å². The first-order chi connectivity index (χ1) is 9.25. The van der Waals surface area contributed by atoms with E-state index in [2.05, 4.69) is 14.2 Å². The van der Waals surface area contributed by atoms with Crippen molar-refractivity contribution in [3.8, 4) is 0 Å². The summed E-state index contributed by atoms with van der Waals surface area (Å²) < 4.78 is 13.7. The van der Waals surface area contributed by atoms with Crippen LogP contribution in [0.15, 0.2) is 0 Å². The second kappa shape index (κ2) is 8.49. The van der Waals surface area contributed by atoms with Crippen molar-refractivity contribution in [3.05, 3.63) is 0 Å². The lowest BCUT2D eigenvalue weighted by molar-refractivity contribution is -0.183. The monoisotopic (exact) mass is 292 g/mol. The van der Waals surface area contributed by atoms with Crippen molar-refractivity contribution in [3.63, 3.8) is 0 Å². The van der Waals surface area contributed by atoms with Gasteiger partial charge in [0, 0.05) is 0 Å². The standard InChI is InChI=1S/C12H20O8/c1-4-18-9(14)6-12(17,11(16)19-5-2)7-10(15)20-8(3)13/h8,13,17H,4-7H2,1-3H3. The lowest BCUT2D eigenvalue weighted by Crippen LogP contribution is -2.45. The molecule has 0 amide bonds. The number of hydrogen-bond acceptors (Lipinski definition) is 8. The van der Waals surface area contributed by atoms with Crippen LogP contribution in [-0.2, 0) is 28.6 Å². The van der Waals surface area contributed by atoms with Crippen LogP contribution in [0.5, 0.6) is 0 Å². The fraction of sp³-hybridized carbons (Fsp3) is 0.750. The molecule has 2 unspecified atom stereocenters. The van der Waals surface area contributed by atoms with Crippen molar-refractivity contribution in [2.24, 2.45) is 0 Å². The van der Waals surface area contributed by atoms with Crippen LogP contribution in [0.2, 0.25) is 0 Å². The third-order valence-electron chi connectivity index (χ3n) is 2.14. The molecule has 20 heavy (non-hydrogen) atoms. The van der Waals surface area contributed by atoms with E-state index in [1.165, 1.54) is 13.8 Å². The summed E-state index contributed by atoms with van der Waals surface area (Å²) in [6.07, 6.45) is -2.96. The molecule has 2 atom stereocenters. The third kappa shape index (κ3) is 6.48. The summed E-state index contributed by atoms with van der Waals surface area (Å²) in [6, 6.07) is 0. The maximum atomic E-state index is 11.7. The first kappa shape index (κ1) is 18.3. The molecule has 0 spiro atoms. The zero-order valence-electron chi connectivity index (χ0n) is 11.7. The number of carbonyl (C=O) groups is 3. The summed E-state index contributed by atoms with van der Waals surface area (Å²) in [7, 11) is 0. The van der Waals surface area contributed by atoms with Gasteiger partial charge < -0.3 is 24.4 Å². The van der Waals surface area contributed by atoms with Crippen molar-refractivity contribution in [2.45, 2.75) is 45.5 Å². The van der Waals surface area contributed by atoms with E-state index in [1.54, 1.807) is 6.92 Å². The van der Waals surface area contributed by atoms with Crippen molar-refractivity contribution in [2.75, 3.05) is 13.2 Å². The summed E-state index contributed by atoms with van der Waals surface area (Å²) >= 11 is 0. The molecular weight excluding hydrogens is 272 g/mol. The molecule has 116 valence electrons. The average Bonchev–Trinajstić information content (AvgIpc) is 2.27. The maximum Gasteiger partial charge on any atom is 0.339 e. The van der Waals surface area contributed by atoms with Gasteiger partial charge in [-0.05, 0) is 20.8 Å². The molecule has 0 saturated carbocycles. The minimum atomic E-state index is -2.38. The number of rotatable bonds is 8. The van der Waals surface area contributed by atoms with Crippen LogP contribution in [0.4, 0.5) is 0 Å². The summed E-state index contributed by atoms with van der Waals surface area (Å²) in [5, 5.41) is 19.0. The zero-order chi connectivity index (χ0) is 15.8. The molecule has 0 rings (SSSR count). The first-order valence-electron chi connectivity index (χ1n) is 6.18. The highest BCUT2D eigenvalue weighted by atomic mass is 16.6. The Balaban J connectivity index is 4.90. The first-order valence-corrected chi connectivity index (χ1v) is 6.18. The normalized spacial score (nSPS) is 14.8. The molecule has 0 saturated heterocycles. The smallest absolute Gasteiger partial charge is 0.339 e. The van der Waals surface area contributed by atoms with Crippen LogP contribution in [0.3, 0.4) is 0 Å². The molecule has 0 aromatic rings. The Kier molecular flexibility index (Phi) is 7.78. The molecule has 0 heterocycles. The Hall–Kier alpha value is -1.67. The predicted molar refractivity (Wildman–Crippen MR) is 65.2 cm³/mol. The van der Waals surface area contributed by atoms with Crippen molar-refractivity contribution in [1.29, 1.82) is 0 Å². The highest BCUT2D eigenvalue weighted by molar-refractivity contribution is 5.90. The van der Waals surface area contributed by atoms with E-state index in [9.17, 15) is 19.5 Å². The Morgan fingerprint density at radius 1 is 1.05 bits per heavy atom. The largest absolute Gasteiger partial charge is 0.466 e. The van der Waals surface area contributed by atoms with E-state index >= 15 is 0 Å². The van der Waals surface area contributed by atoms with Gasteiger partial charge in [0.15, 0.2) is 11.9 Å². The van der Waals surface area contributed by atoms with Gasteiger partial charge in [-0.25, -0.2) is 4.79 Å². The van der Waals surface area contributed by atoms with Gasteiger partial charge in [0.2, 0.25) is 0 Å². The molecule has 0 bridgehead atoms.